The van der Waals surface area contributed by atoms with Crippen molar-refractivity contribution in [3.8, 4) is 6.07 Å². The molecule has 0 amide bonds. The van der Waals surface area contributed by atoms with Crippen LogP contribution in [-0.2, 0) is 20.5 Å². The highest BCUT2D eigenvalue weighted by molar-refractivity contribution is 7.88. The number of hydrogen-bond acceptors (Lipinski definition) is 4. The maximum absolute atomic E-state index is 11.9. The van der Waals surface area contributed by atoms with Gasteiger partial charge in [-0.1, -0.05) is 12.1 Å². The van der Waals surface area contributed by atoms with Crippen LogP contribution in [0.2, 0.25) is 0 Å². The number of alkyl halides is 3. The maximum atomic E-state index is 11.9. The Morgan fingerprint density at radius 1 is 1.41 bits per heavy atom. The minimum Gasteiger partial charge on any atom is -0.370 e. The summed E-state index contributed by atoms with van der Waals surface area (Å²) in [7, 11) is -3.75. The van der Waals surface area contributed by atoms with E-state index in [-0.39, 0.29) is 5.75 Å². The average Bonchev–Trinajstić information content (AvgIpc) is 2.35. The summed E-state index contributed by atoms with van der Waals surface area (Å²) >= 11 is 0. The Kier molecular flexibility index (Phi) is 6.34. The molecule has 122 valence electrons. The number of nitrogens with one attached hydrogen (secondary N) is 1. The molecule has 1 aromatic carbocycles. The van der Waals surface area contributed by atoms with E-state index in [1.165, 1.54) is 19.1 Å². The summed E-state index contributed by atoms with van der Waals surface area (Å²) in [5.74, 6) is -0.369. The third-order valence-corrected chi connectivity index (χ3v) is 3.90. The Labute approximate surface area is 126 Å². The van der Waals surface area contributed by atoms with E-state index in [0.29, 0.717) is 11.1 Å². The van der Waals surface area contributed by atoms with E-state index in [4.69, 9.17) is 5.26 Å². The summed E-state index contributed by atoms with van der Waals surface area (Å²) in [5, 5.41) is 8.75. The minimum atomic E-state index is -4.45. The lowest BCUT2D eigenvalue weighted by molar-refractivity contribution is -0.174. The molecule has 0 aliphatic heterocycles. The van der Waals surface area contributed by atoms with E-state index in [2.05, 4.69) is 9.46 Å². The Morgan fingerprint density at radius 3 is 2.68 bits per heavy atom. The highest BCUT2D eigenvalue weighted by Gasteiger charge is 2.28. The van der Waals surface area contributed by atoms with Gasteiger partial charge in [-0.25, -0.2) is 13.1 Å². The van der Waals surface area contributed by atoms with Gasteiger partial charge in [0.1, 0.15) is 6.61 Å². The SMILES string of the molecule is C[C@H](COCC(F)(F)F)NS(=O)(=O)Cc1cccc(C#N)c1. The molecular weight excluding hydrogens is 321 g/mol. The molecule has 1 N–H and O–H groups in total. The molecule has 1 aromatic rings. The highest BCUT2D eigenvalue weighted by atomic mass is 32.2. The second-order valence-corrected chi connectivity index (χ2v) is 6.47. The van der Waals surface area contributed by atoms with Crippen molar-refractivity contribution >= 4 is 10.0 Å². The minimum absolute atomic E-state index is 0.328. The number of benzene rings is 1. The molecule has 0 saturated heterocycles. The van der Waals surface area contributed by atoms with Gasteiger partial charge in [0.2, 0.25) is 10.0 Å². The first-order chi connectivity index (χ1) is 10.1. The highest BCUT2D eigenvalue weighted by Crippen LogP contribution is 2.14. The summed E-state index contributed by atoms with van der Waals surface area (Å²) in [5.41, 5.74) is 0.740. The number of rotatable bonds is 7. The fraction of sp³-hybridized carbons (Fsp3) is 0.462. The standard InChI is InChI=1S/C13H15F3N2O3S/c1-10(7-21-9-13(14,15)16)18-22(19,20)8-12-4-2-3-11(5-12)6-17/h2-5,10,18H,7-9H2,1H3/t10-/m1/s1. The van der Waals surface area contributed by atoms with Crippen molar-refractivity contribution in [3.63, 3.8) is 0 Å². The van der Waals surface area contributed by atoms with Crippen LogP contribution < -0.4 is 4.72 Å². The quantitative estimate of drug-likeness (QED) is 0.825. The molecule has 0 unspecified atom stereocenters. The average molecular weight is 336 g/mol. The smallest absolute Gasteiger partial charge is 0.370 e. The fourth-order valence-corrected chi connectivity index (χ4v) is 3.07. The zero-order valence-electron chi connectivity index (χ0n) is 11.7. The summed E-state index contributed by atoms with van der Waals surface area (Å²) in [6.07, 6.45) is -4.45. The van der Waals surface area contributed by atoms with Crippen molar-refractivity contribution < 1.29 is 26.3 Å². The molecule has 0 radical (unpaired) electrons. The zero-order chi connectivity index (χ0) is 16.8. The van der Waals surface area contributed by atoms with E-state index in [1.807, 2.05) is 6.07 Å². The lowest BCUT2D eigenvalue weighted by Crippen LogP contribution is -2.37. The Bertz CT molecular complexity index is 639. The number of hydrogen-bond donors (Lipinski definition) is 1. The van der Waals surface area contributed by atoms with E-state index in [1.54, 1.807) is 12.1 Å². The molecule has 9 heteroatoms. The van der Waals surface area contributed by atoms with Crippen molar-refractivity contribution in [2.75, 3.05) is 13.2 Å². The van der Waals surface area contributed by atoms with Crippen LogP contribution in [0.15, 0.2) is 24.3 Å². The monoisotopic (exact) mass is 336 g/mol. The summed E-state index contributed by atoms with van der Waals surface area (Å²) in [6, 6.07) is 7.17. The Hall–Kier alpha value is -1.63. The second kappa shape index (κ2) is 7.58. The normalized spacial score (nSPS) is 13.6. The molecule has 1 atom stereocenters. The third-order valence-electron chi connectivity index (χ3n) is 2.43. The summed E-state index contributed by atoms with van der Waals surface area (Å²) in [6.45, 7) is -0.417. The molecule has 1 rings (SSSR count). The first-order valence-electron chi connectivity index (χ1n) is 6.25. The Balaban J connectivity index is 2.54. The van der Waals surface area contributed by atoms with Crippen LogP contribution in [0.4, 0.5) is 13.2 Å². The maximum Gasteiger partial charge on any atom is 0.411 e. The number of ether oxygens (including phenoxy) is 1. The van der Waals surface area contributed by atoms with Crippen molar-refractivity contribution in [2.24, 2.45) is 0 Å². The number of nitriles is 1. The van der Waals surface area contributed by atoms with E-state index in [0.717, 1.165) is 0 Å². The topological polar surface area (TPSA) is 79.2 Å². The first-order valence-corrected chi connectivity index (χ1v) is 7.90. The van der Waals surface area contributed by atoms with Crippen LogP contribution in [0.3, 0.4) is 0 Å². The van der Waals surface area contributed by atoms with Crippen LogP contribution >= 0.6 is 0 Å². The molecule has 0 fully saturated rings. The van der Waals surface area contributed by atoms with Gasteiger partial charge in [0.25, 0.3) is 0 Å². The lowest BCUT2D eigenvalue weighted by atomic mass is 10.2. The van der Waals surface area contributed by atoms with Crippen LogP contribution in [0, 0.1) is 11.3 Å². The molecule has 0 saturated carbocycles. The first kappa shape index (κ1) is 18.4. The molecule has 0 heterocycles. The molecule has 0 bridgehead atoms. The van der Waals surface area contributed by atoms with Gasteiger partial charge in [0.15, 0.2) is 0 Å². The lowest BCUT2D eigenvalue weighted by Gasteiger charge is -2.15. The molecule has 0 aliphatic carbocycles. The second-order valence-electron chi connectivity index (χ2n) is 4.72. The number of nitrogens with zero attached hydrogens (tertiary/aromatic N) is 1. The van der Waals surface area contributed by atoms with Crippen molar-refractivity contribution in [2.45, 2.75) is 24.9 Å². The number of halogens is 3. The Morgan fingerprint density at radius 2 is 2.09 bits per heavy atom. The predicted octanol–water partition coefficient (Wildman–Crippen LogP) is 1.95. The van der Waals surface area contributed by atoms with Gasteiger partial charge in [-0.2, -0.15) is 18.4 Å². The molecule has 0 spiro atoms. The third kappa shape index (κ3) is 7.40. The molecule has 0 aromatic heterocycles. The largest absolute Gasteiger partial charge is 0.411 e. The van der Waals surface area contributed by atoms with Gasteiger partial charge in [-0.15, -0.1) is 0 Å². The summed E-state index contributed by atoms with van der Waals surface area (Å²) in [4.78, 5) is 0. The van der Waals surface area contributed by atoms with Crippen molar-refractivity contribution in [3.05, 3.63) is 35.4 Å². The van der Waals surface area contributed by atoms with E-state index < -0.39 is 35.5 Å². The fourth-order valence-electron chi connectivity index (χ4n) is 1.68. The zero-order valence-corrected chi connectivity index (χ0v) is 12.5. The van der Waals surface area contributed by atoms with Crippen LogP contribution in [0.1, 0.15) is 18.1 Å². The van der Waals surface area contributed by atoms with Gasteiger partial charge in [0, 0.05) is 6.04 Å². The summed E-state index contributed by atoms with van der Waals surface area (Å²) < 4.78 is 66.2. The van der Waals surface area contributed by atoms with Crippen LogP contribution in [0.25, 0.3) is 0 Å². The van der Waals surface area contributed by atoms with Gasteiger partial charge < -0.3 is 4.74 Å². The number of sulfonamides is 1. The molecular formula is C13H15F3N2O3S. The molecule has 5 nitrogen and oxygen atoms in total. The van der Waals surface area contributed by atoms with Crippen molar-refractivity contribution in [1.29, 1.82) is 5.26 Å². The van der Waals surface area contributed by atoms with Gasteiger partial charge in [-0.05, 0) is 24.6 Å². The van der Waals surface area contributed by atoms with Gasteiger partial charge in [0.05, 0.1) is 24.0 Å². The van der Waals surface area contributed by atoms with Crippen LogP contribution in [-0.4, -0.2) is 33.8 Å². The molecule has 0 aliphatic rings. The van der Waals surface area contributed by atoms with Crippen LogP contribution in [0.5, 0.6) is 0 Å². The predicted molar refractivity (Wildman–Crippen MR) is 73.3 cm³/mol. The van der Waals surface area contributed by atoms with Crippen molar-refractivity contribution in [1.82, 2.24) is 4.72 Å². The van der Waals surface area contributed by atoms with E-state index >= 15 is 0 Å². The molecule has 22 heavy (non-hydrogen) atoms. The van der Waals surface area contributed by atoms with E-state index in [9.17, 15) is 21.6 Å². The van der Waals surface area contributed by atoms with Gasteiger partial charge >= 0.3 is 6.18 Å². The van der Waals surface area contributed by atoms with Gasteiger partial charge in [-0.3, -0.25) is 0 Å².